The standard InChI is InChI=1S/C34H33F3N2O4.CH4O.2CH2O/c1-3-20-38-32(40)27-12-8-24(9-13-27)21-30(26-14-18-29(19-15-26)43-34(35,36)37)33(41)39-28-16-10-25(11-17-28)22-42-31-7-5-4-6-23(31)2;3*1-2/h4-19,30H,3,20-22H2,1-2H3,(H,38,40)(H,39,41);2H,1H3;2*1H2. The first-order chi connectivity index (χ1) is 23.6. The van der Waals surface area contributed by atoms with Gasteiger partial charge < -0.3 is 34.8 Å². The Morgan fingerprint density at radius 2 is 1.39 bits per heavy atom. The number of hydrogen-bond acceptors (Lipinski definition) is 7. The van der Waals surface area contributed by atoms with Crippen molar-refractivity contribution in [1.82, 2.24) is 5.32 Å². The molecular weight excluding hydrogens is 641 g/mol. The van der Waals surface area contributed by atoms with Gasteiger partial charge in [0.05, 0.1) is 5.92 Å². The average Bonchev–Trinajstić information content (AvgIpc) is 3.12. The lowest BCUT2D eigenvalue weighted by atomic mass is 9.90. The van der Waals surface area contributed by atoms with Crippen molar-refractivity contribution >= 4 is 31.1 Å². The number of halogens is 3. The Kier molecular flexibility index (Phi) is 18.8. The molecule has 0 radical (unpaired) electrons. The molecule has 9 nitrogen and oxygen atoms in total. The van der Waals surface area contributed by atoms with Crippen LogP contribution in [0.5, 0.6) is 11.5 Å². The highest BCUT2D eigenvalue weighted by Gasteiger charge is 2.31. The summed E-state index contributed by atoms with van der Waals surface area (Å²) in [6.45, 7) is 8.87. The predicted octanol–water partition coefficient (Wildman–Crippen LogP) is 6.82. The molecule has 0 fully saturated rings. The van der Waals surface area contributed by atoms with Gasteiger partial charge in [-0.05, 0) is 84.5 Å². The summed E-state index contributed by atoms with van der Waals surface area (Å²) in [6.07, 6.45) is -3.75. The predicted molar refractivity (Wildman–Crippen MR) is 182 cm³/mol. The summed E-state index contributed by atoms with van der Waals surface area (Å²) < 4.78 is 47.9. The lowest BCUT2D eigenvalue weighted by molar-refractivity contribution is -0.274. The molecule has 12 heteroatoms. The molecule has 1 atom stereocenters. The fourth-order valence-corrected chi connectivity index (χ4v) is 4.43. The molecule has 0 saturated heterocycles. The minimum Gasteiger partial charge on any atom is -0.489 e. The molecule has 1 unspecified atom stereocenters. The maximum absolute atomic E-state index is 13.5. The summed E-state index contributed by atoms with van der Waals surface area (Å²) in [7, 11) is 1.00. The van der Waals surface area contributed by atoms with Gasteiger partial charge in [0.25, 0.3) is 5.91 Å². The number of hydrogen-bond donors (Lipinski definition) is 3. The number of carbonyl (C=O) groups excluding carboxylic acids is 4. The van der Waals surface area contributed by atoms with Crippen LogP contribution in [0.4, 0.5) is 18.9 Å². The average molecular weight is 683 g/mol. The van der Waals surface area contributed by atoms with Crippen molar-refractivity contribution in [2.75, 3.05) is 19.0 Å². The van der Waals surface area contributed by atoms with Crippen LogP contribution in [0, 0.1) is 6.92 Å². The SMILES string of the molecule is C=O.C=O.CCCNC(=O)c1ccc(CC(C(=O)Nc2ccc(COc3ccccc3C)cc2)c2ccc(OC(F)(F)F)cc2)cc1.CO. The molecule has 4 rings (SSSR count). The molecule has 0 aliphatic heterocycles. The van der Waals surface area contributed by atoms with Crippen molar-refractivity contribution in [1.29, 1.82) is 0 Å². The summed E-state index contributed by atoms with van der Waals surface area (Å²) in [6, 6.07) is 27.2. The highest BCUT2D eigenvalue weighted by Crippen LogP contribution is 2.28. The molecule has 0 aliphatic rings. The van der Waals surface area contributed by atoms with Crippen LogP contribution in [0.25, 0.3) is 0 Å². The van der Waals surface area contributed by atoms with E-state index in [1.54, 1.807) is 36.4 Å². The molecule has 0 aromatic heterocycles. The highest BCUT2D eigenvalue weighted by atomic mass is 19.4. The number of rotatable bonds is 12. The van der Waals surface area contributed by atoms with Crippen molar-refractivity contribution in [3.63, 3.8) is 0 Å². The van der Waals surface area contributed by atoms with Gasteiger partial charge >= 0.3 is 6.36 Å². The van der Waals surface area contributed by atoms with Crippen molar-refractivity contribution in [2.45, 2.75) is 45.6 Å². The Labute approximate surface area is 284 Å². The Morgan fingerprint density at radius 1 is 0.816 bits per heavy atom. The van der Waals surface area contributed by atoms with Crippen molar-refractivity contribution in [3.8, 4) is 11.5 Å². The summed E-state index contributed by atoms with van der Waals surface area (Å²) in [5, 5.41) is 12.7. The number of amides is 2. The maximum atomic E-state index is 13.5. The van der Waals surface area contributed by atoms with E-state index in [1.165, 1.54) is 24.3 Å². The monoisotopic (exact) mass is 682 g/mol. The van der Waals surface area contributed by atoms with Crippen LogP contribution >= 0.6 is 0 Å². The summed E-state index contributed by atoms with van der Waals surface area (Å²) in [5.41, 5.74) is 4.31. The molecule has 3 N–H and O–H groups in total. The molecule has 0 saturated carbocycles. The van der Waals surface area contributed by atoms with E-state index in [0.29, 0.717) is 30.0 Å². The molecule has 262 valence electrons. The quantitative estimate of drug-likeness (QED) is 0.150. The van der Waals surface area contributed by atoms with E-state index < -0.39 is 12.3 Å². The first kappa shape index (κ1) is 41.5. The van der Waals surface area contributed by atoms with Crippen LogP contribution in [0.15, 0.2) is 97.1 Å². The molecule has 2 amide bonds. The van der Waals surface area contributed by atoms with E-state index in [0.717, 1.165) is 36.0 Å². The van der Waals surface area contributed by atoms with E-state index in [4.69, 9.17) is 19.4 Å². The van der Waals surface area contributed by atoms with Crippen LogP contribution < -0.4 is 20.1 Å². The molecule has 0 bridgehead atoms. The Morgan fingerprint density at radius 3 is 1.94 bits per heavy atom. The van der Waals surface area contributed by atoms with Gasteiger partial charge in [0.1, 0.15) is 31.7 Å². The van der Waals surface area contributed by atoms with E-state index in [2.05, 4.69) is 15.4 Å². The summed E-state index contributed by atoms with van der Waals surface area (Å²) >= 11 is 0. The zero-order chi connectivity index (χ0) is 36.8. The zero-order valence-electron chi connectivity index (χ0n) is 27.6. The number of anilines is 1. The molecule has 0 spiro atoms. The number of benzene rings is 4. The first-order valence-corrected chi connectivity index (χ1v) is 14.9. The number of ether oxygens (including phenoxy) is 2. The number of alkyl halides is 3. The van der Waals surface area contributed by atoms with Crippen LogP contribution in [0.2, 0.25) is 0 Å². The molecule has 0 aliphatic carbocycles. The van der Waals surface area contributed by atoms with Gasteiger partial charge in [-0.1, -0.05) is 61.5 Å². The van der Waals surface area contributed by atoms with Gasteiger partial charge in [0.2, 0.25) is 5.91 Å². The maximum Gasteiger partial charge on any atom is 0.573 e. The third kappa shape index (κ3) is 14.4. The van der Waals surface area contributed by atoms with Gasteiger partial charge in [-0.25, -0.2) is 0 Å². The summed E-state index contributed by atoms with van der Waals surface area (Å²) in [4.78, 5) is 41.8. The highest BCUT2D eigenvalue weighted by molar-refractivity contribution is 5.96. The van der Waals surface area contributed by atoms with Gasteiger partial charge in [0.15, 0.2) is 0 Å². The number of para-hydroxylation sites is 1. The molecule has 0 heterocycles. The van der Waals surface area contributed by atoms with Crippen molar-refractivity contribution < 1.29 is 46.9 Å². The Bertz CT molecular complexity index is 1540. The zero-order valence-corrected chi connectivity index (χ0v) is 27.6. The van der Waals surface area contributed by atoms with Crippen LogP contribution in [0.3, 0.4) is 0 Å². The molecule has 49 heavy (non-hydrogen) atoms. The van der Waals surface area contributed by atoms with Crippen molar-refractivity contribution in [3.05, 3.63) is 125 Å². The van der Waals surface area contributed by atoms with Gasteiger partial charge in [-0.2, -0.15) is 0 Å². The number of aliphatic hydroxyl groups is 1. The van der Waals surface area contributed by atoms with Crippen LogP contribution in [-0.4, -0.2) is 50.5 Å². The van der Waals surface area contributed by atoms with E-state index in [1.807, 2.05) is 63.8 Å². The van der Waals surface area contributed by atoms with E-state index in [-0.39, 0.29) is 24.0 Å². The molecule has 4 aromatic carbocycles. The largest absolute Gasteiger partial charge is 0.573 e. The lowest BCUT2D eigenvalue weighted by Gasteiger charge is -2.19. The Hall–Kier alpha value is -5.49. The second-order valence-electron chi connectivity index (χ2n) is 10.1. The molecular formula is C37H41F3N2O7. The van der Waals surface area contributed by atoms with Gasteiger partial charge in [-0.15, -0.1) is 13.2 Å². The third-order valence-corrected chi connectivity index (χ3v) is 6.73. The Balaban J connectivity index is 0.00000189. The van der Waals surface area contributed by atoms with Gasteiger partial charge in [-0.3, -0.25) is 9.59 Å². The van der Waals surface area contributed by atoms with E-state index >= 15 is 0 Å². The molecule has 4 aromatic rings. The van der Waals surface area contributed by atoms with Crippen LogP contribution in [0.1, 0.15) is 51.9 Å². The minimum atomic E-state index is -4.82. The number of nitrogens with one attached hydrogen (secondary N) is 2. The second kappa shape index (κ2) is 22.1. The topological polar surface area (TPSA) is 131 Å². The number of carbonyl (C=O) groups is 4. The smallest absolute Gasteiger partial charge is 0.489 e. The number of aryl methyl sites for hydroxylation is 1. The fourth-order valence-electron chi connectivity index (χ4n) is 4.43. The third-order valence-electron chi connectivity index (χ3n) is 6.73. The van der Waals surface area contributed by atoms with Gasteiger partial charge in [0, 0.05) is 24.9 Å². The minimum absolute atomic E-state index is 0.185. The fraction of sp³-hybridized carbons (Fsp3) is 0.243. The van der Waals surface area contributed by atoms with Crippen LogP contribution in [-0.2, 0) is 27.4 Å². The van der Waals surface area contributed by atoms with E-state index in [9.17, 15) is 22.8 Å². The summed E-state index contributed by atoms with van der Waals surface area (Å²) in [5.74, 6) is -0.831. The number of aliphatic hydroxyl groups excluding tert-OH is 1. The lowest BCUT2D eigenvalue weighted by Crippen LogP contribution is -2.24. The second-order valence-corrected chi connectivity index (χ2v) is 10.1. The first-order valence-electron chi connectivity index (χ1n) is 14.9. The normalized spacial score (nSPS) is 10.7. The van der Waals surface area contributed by atoms with Crippen molar-refractivity contribution in [2.24, 2.45) is 0 Å².